The van der Waals surface area contributed by atoms with E-state index < -0.39 is 0 Å². The van der Waals surface area contributed by atoms with Crippen LogP contribution in [-0.4, -0.2) is 40.1 Å². The molecule has 0 fully saturated rings. The van der Waals surface area contributed by atoms with E-state index in [0.29, 0.717) is 23.2 Å². The normalized spacial score (nSPS) is 10.7. The van der Waals surface area contributed by atoms with Gasteiger partial charge in [0.05, 0.1) is 5.69 Å². The van der Waals surface area contributed by atoms with Crippen molar-refractivity contribution in [3.8, 4) is 68.1 Å². The molecule has 4 heterocycles. The molecule has 0 aliphatic rings. The fourth-order valence-electron chi connectivity index (χ4n) is 5.15. The van der Waals surface area contributed by atoms with E-state index in [2.05, 4.69) is 124 Å². The molecule has 0 saturated heterocycles. The molecular weight excluding hydrogens is 912 g/mol. The molecule has 0 saturated carbocycles. The summed E-state index contributed by atoms with van der Waals surface area (Å²) < 4.78 is 4.09. The smallest absolute Gasteiger partial charge is 0.220 e. The SMILES string of the molecule is Brc1ccc(-c2ccc(-c3ncccn3)nc2-c2ccc(Br)cc2)cc1.Brc1ccc(-c2nnc(-c3ncccn3)nc2-c2ccc(Br)cc2)cc1. The van der Waals surface area contributed by atoms with Crippen LogP contribution in [0, 0.1) is 0 Å². The third-order valence-corrected chi connectivity index (χ3v) is 9.77. The van der Waals surface area contributed by atoms with E-state index in [1.807, 2.05) is 78.9 Å². The fraction of sp³-hybridized carbons (Fsp3) is 0. The van der Waals surface area contributed by atoms with Crippen molar-refractivity contribution < 1.29 is 0 Å². The van der Waals surface area contributed by atoms with E-state index in [1.165, 1.54) is 0 Å². The monoisotopic (exact) mass is 932 g/mol. The predicted octanol–water partition coefficient (Wildman–Crippen LogP) is 11.6. The van der Waals surface area contributed by atoms with Gasteiger partial charge in [0, 0.05) is 64.9 Å². The molecule has 12 heteroatoms. The van der Waals surface area contributed by atoms with E-state index in [0.717, 1.165) is 62.8 Å². The molecule has 0 spiro atoms. The van der Waals surface area contributed by atoms with Gasteiger partial charge in [-0.1, -0.05) is 112 Å². The number of hydrogen-bond donors (Lipinski definition) is 0. The van der Waals surface area contributed by atoms with Gasteiger partial charge in [0.1, 0.15) is 17.1 Å². The first-order valence-electron chi connectivity index (χ1n) is 15.8. The second kappa shape index (κ2) is 16.6. The molecule has 0 aliphatic heterocycles. The molecule has 4 aromatic carbocycles. The molecule has 8 aromatic rings. The van der Waals surface area contributed by atoms with Crippen molar-refractivity contribution in [1.29, 1.82) is 0 Å². The Bertz CT molecular complexity index is 2240. The van der Waals surface area contributed by atoms with Crippen molar-refractivity contribution in [2.45, 2.75) is 0 Å². The average molecular weight is 936 g/mol. The van der Waals surface area contributed by atoms with Crippen LogP contribution < -0.4 is 0 Å². The largest absolute Gasteiger partial charge is 0.244 e. The molecule has 0 N–H and O–H groups in total. The Morgan fingerprint density at radius 3 is 1.25 bits per heavy atom. The minimum atomic E-state index is 0.393. The molecule has 0 radical (unpaired) electrons. The summed E-state index contributed by atoms with van der Waals surface area (Å²) in [6.45, 7) is 0. The quantitative estimate of drug-likeness (QED) is 0.162. The first-order valence-corrected chi connectivity index (χ1v) is 18.9. The molecule has 0 unspecified atom stereocenters. The molecule has 0 atom stereocenters. The Kier molecular flexibility index (Phi) is 11.4. The molecule has 8 nitrogen and oxygen atoms in total. The summed E-state index contributed by atoms with van der Waals surface area (Å²) in [4.78, 5) is 26.7. The van der Waals surface area contributed by atoms with Crippen LogP contribution in [0.3, 0.4) is 0 Å². The number of hydrogen-bond acceptors (Lipinski definition) is 8. The highest BCUT2D eigenvalue weighted by atomic mass is 79.9. The third-order valence-electron chi connectivity index (χ3n) is 7.65. The van der Waals surface area contributed by atoms with Crippen molar-refractivity contribution in [3.05, 3.63) is 164 Å². The van der Waals surface area contributed by atoms with Crippen molar-refractivity contribution in [1.82, 2.24) is 40.1 Å². The standard InChI is InChI=1S/C21H13Br2N3.C19H11Br2N5/c22-16-6-2-14(3-7-16)18-10-11-19(21-24-12-1-13-25-21)26-20(18)15-4-8-17(23)9-5-15;20-14-6-2-12(3-7-14)16-17(13-4-8-15(21)9-5-13)25-26-19(24-16)18-22-10-1-11-23-18/h1-13H;1-11H. The van der Waals surface area contributed by atoms with Crippen molar-refractivity contribution in [3.63, 3.8) is 0 Å². The summed E-state index contributed by atoms with van der Waals surface area (Å²) >= 11 is 13.9. The summed E-state index contributed by atoms with van der Waals surface area (Å²) in [5.74, 6) is 1.46. The van der Waals surface area contributed by atoms with Gasteiger partial charge in [-0.15, -0.1) is 10.2 Å². The van der Waals surface area contributed by atoms with Crippen LogP contribution in [-0.2, 0) is 0 Å². The topological polar surface area (TPSA) is 103 Å². The molecular formula is C40H24Br4N8. The lowest BCUT2D eigenvalue weighted by Gasteiger charge is -2.12. The number of aromatic nitrogens is 8. The predicted molar refractivity (Wildman–Crippen MR) is 219 cm³/mol. The maximum Gasteiger partial charge on any atom is 0.220 e. The zero-order chi connectivity index (χ0) is 35.9. The van der Waals surface area contributed by atoms with E-state index >= 15 is 0 Å². The zero-order valence-electron chi connectivity index (χ0n) is 26.9. The summed E-state index contributed by atoms with van der Waals surface area (Å²) in [5, 5.41) is 8.68. The van der Waals surface area contributed by atoms with E-state index in [-0.39, 0.29) is 0 Å². The van der Waals surface area contributed by atoms with Gasteiger partial charge >= 0.3 is 0 Å². The average Bonchev–Trinajstić information content (AvgIpc) is 3.20. The van der Waals surface area contributed by atoms with Gasteiger partial charge < -0.3 is 0 Å². The highest BCUT2D eigenvalue weighted by Crippen LogP contribution is 2.34. The lowest BCUT2D eigenvalue weighted by Crippen LogP contribution is -2.02. The molecule has 0 bridgehead atoms. The zero-order valence-corrected chi connectivity index (χ0v) is 33.3. The van der Waals surface area contributed by atoms with Gasteiger partial charge in [-0.05, 0) is 78.4 Å². The van der Waals surface area contributed by atoms with E-state index in [1.54, 1.807) is 36.9 Å². The third kappa shape index (κ3) is 8.59. The van der Waals surface area contributed by atoms with Crippen molar-refractivity contribution >= 4 is 63.7 Å². The second-order valence-electron chi connectivity index (χ2n) is 11.1. The lowest BCUT2D eigenvalue weighted by molar-refractivity contribution is 0.964. The lowest BCUT2D eigenvalue weighted by atomic mass is 9.99. The van der Waals surface area contributed by atoms with Gasteiger partial charge in [0.2, 0.25) is 5.82 Å². The van der Waals surface area contributed by atoms with E-state index in [4.69, 9.17) is 9.97 Å². The number of nitrogens with zero attached hydrogens (tertiary/aromatic N) is 8. The van der Waals surface area contributed by atoms with Gasteiger partial charge in [-0.3, -0.25) is 0 Å². The van der Waals surface area contributed by atoms with Crippen LogP contribution in [0.25, 0.3) is 68.1 Å². The van der Waals surface area contributed by atoms with Crippen molar-refractivity contribution in [2.24, 2.45) is 0 Å². The van der Waals surface area contributed by atoms with Crippen LogP contribution in [0.15, 0.2) is 164 Å². The first-order chi connectivity index (χ1) is 25.4. The Labute approximate surface area is 333 Å². The molecule has 52 heavy (non-hydrogen) atoms. The van der Waals surface area contributed by atoms with Gasteiger partial charge in [0.15, 0.2) is 11.6 Å². The summed E-state index contributed by atoms with van der Waals surface area (Å²) in [5.41, 5.74) is 8.21. The van der Waals surface area contributed by atoms with Crippen LogP contribution in [0.1, 0.15) is 0 Å². The number of rotatable bonds is 6. The van der Waals surface area contributed by atoms with Crippen LogP contribution in [0.2, 0.25) is 0 Å². The van der Waals surface area contributed by atoms with Crippen LogP contribution >= 0.6 is 63.7 Å². The molecule has 4 aromatic heterocycles. The fourth-order valence-corrected chi connectivity index (χ4v) is 6.21. The van der Waals surface area contributed by atoms with Gasteiger partial charge in [0.25, 0.3) is 0 Å². The van der Waals surface area contributed by atoms with E-state index in [9.17, 15) is 0 Å². The highest BCUT2D eigenvalue weighted by Gasteiger charge is 2.16. The maximum atomic E-state index is 4.89. The number of pyridine rings is 1. The van der Waals surface area contributed by atoms with Gasteiger partial charge in [-0.2, -0.15) is 0 Å². The molecule has 0 aliphatic carbocycles. The molecule has 252 valence electrons. The Hall–Kier alpha value is -4.88. The maximum absolute atomic E-state index is 4.89. The Morgan fingerprint density at radius 1 is 0.327 bits per heavy atom. The second-order valence-corrected chi connectivity index (χ2v) is 14.8. The summed E-state index contributed by atoms with van der Waals surface area (Å²) in [6, 6.07) is 39.8. The number of benzene rings is 4. The van der Waals surface area contributed by atoms with Crippen molar-refractivity contribution in [2.75, 3.05) is 0 Å². The Morgan fingerprint density at radius 2 is 0.750 bits per heavy atom. The summed E-state index contributed by atoms with van der Waals surface area (Å²) in [7, 11) is 0. The molecule has 0 amide bonds. The highest BCUT2D eigenvalue weighted by molar-refractivity contribution is 9.11. The minimum Gasteiger partial charge on any atom is -0.244 e. The first kappa shape index (κ1) is 35.5. The minimum absolute atomic E-state index is 0.393. The molecule has 8 rings (SSSR count). The number of halogens is 4. The van der Waals surface area contributed by atoms with Gasteiger partial charge in [-0.25, -0.2) is 29.9 Å². The van der Waals surface area contributed by atoms with Crippen LogP contribution in [0.4, 0.5) is 0 Å². The van der Waals surface area contributed by atoms with Crippen LogP contribution in [0.5, 0.6) is 0 Å². The Balaban J connectivity index is 0.000000162. The summed E-state index contributed by atoms with van der Waals surface area (Å²) in [6.07, 6.45) is 6.78.